The number of ether oxygens (including phenoxy) is 1. The summed E-state index contributed by atoms with van der Waals surface area (Å²) in [5.41, 5.74) is 4.28. The Balaban J connectivity index is 1.45. The lowest BCUT2D eigenvalue weighted by atomic mass is 9.95. The number of hydrogen-bond acceptors (Lipinski definition) is 4. The SMILES string of the molecule is CCOC(=O)CCc1ccc(N(C)Cc2cccc3c2CCCN3CCc2ccccc2C(F)(F)F)cc1F. The van der Waals surface area contributed by atoms with Crippen molar-refractivity contribution in [3.05, 3.63) is 94.3 Å². The van der Waals surface area contributed by atoms with Crippen molar-refractivity contribution in [1.82, 2.24) is 0 Å². The lowest BCUT2D eigenvalue weighted by Gasteiger charge is -2.33. The molecule has 8 heteroatoms. The molecule has 1 heterocycles. The predicted octanol–water partition coefficient (Wildman–Crippen LogP) is 6.97. The molecule has 4 nitrogen and oxygen atoms in total. The van der Waals surface area contributed by atoms with Crippen LogP contribution in [0, 0.1) is 5.82 Å². The Bertz CT molecular complexity index is 1290. The molecule has 1 aliphatic rings. The van der Waals surface area contributed by atoms with Gasteiger partial charge in [-0.25, -0.2) is 4.39 Å². The third-order valence-corrected chi connectivity index (χ3v) is 7.21. The number of carbonyl (C=O) groups is 1. The minimum Gasteiger partial charge on any atom is -0.466 e. The highest BCUT2D eigenvalue weighted by atomic mass is 19.4. The van der Waals surface area contributed by atoms with E-state index >= 15 is 0 Å². The first kappa shape index (κ1) is 28.5. The van der Waals surface area contributed by atoms with E-state index in [1.54, 1.807) is 25.1 Å². The maximum Gasteiger partial charge on any atom is 0.416 e. The number of benzene rings is 3. The number of hydrogen-bond donors (Lipinski definition) is 0. The van der Waals surface area contributed by atoms with Gasteiger partial charge < -0.3 is 14.5 Å². The van der Waals surface area contributed by atoms with Crippen molar-refractivity contribution in [2.45, 2.75) is 51.7 Å². The average molecular weight is 543 g/mol. The molecule has 0 spiro atoms. The highest BCUT2D eigenvalue weighted by Crippen LogP contribution is 2.34. The van der Waals surface area contributed by atoms with E-state index in [2.05, 4.69) is 11.0 Å². The molecule has 0 radical (unpaired) electrons. The van der Waals surface area contributed by atoms with Crippen molar-refractivity contribution in [3.8, 4) is 0 Å². The van der Waals surface area contributed by atoms with Gasteiger partial charge in [0, 0.05) is 44.5 Å². The van der Waals surface area contributed by atoms with E-state index < -0.39 is 11.7 Å². The summed E-state index contributed by atoms with van der Waals surface area (Å²) in [4.78, 5) is 15.8. The third-order valence-electron chi connectivity index (χ3n) is 7.21. The zero-order chi connectivity index (χ0) is 28.0. The standard InChI is InChI=1S/C31H34F4N2O2/c1-3-39-30(38)16-14-23-13-15-25(20-28(23)32)36(2)21-24-9-6-12-29-26(24)10-7-18-37(29)19-17-22-8-4-5-11-27(22)31(33,34)35/h4-6,8-9,11-13,15,20H,3,7,10,14,16-19,21H2,1-2H3. The van der Waals surface area contributed by atoms with Gasteiger partial charge in [-0.1, -0.05) is 36.4 Å². The second-order valence-electron chi connectivity index (χ2n) is 9.85. The number of esters is 1. The number of fused-ring (bicyclic) bond motifs is 1. The van der Waals surface area contributed by atoms with E-state index in [0.717, 1.165) is 42.4 Å². The fourth-order valence-electron chi connectivity index (χ4n) is 5.22. The van der Waals surface area contributed by atoms with Gasteiger partial charge in [-0.05, 0) is 79.1 Å². The Morgan fingerprint density at radius 3 is 2.51 bits per heavy atom. The Kier molecular flexibility index (Phi) is 9.15. The summed E-state index contributed by atoms with van der Waals surface area (Å²) in [6, 6.07) is 16.9. The van der Waals surface area contributed by atoms with Gasteiger partial charge in [-0.3, -0.25) is 4.79 Å². The maximum atomic E-state index is 14.8. The first-order valence-electron chi connectivity index (χ1n) is 13.3. The highest BCUT2D eigenvalue weighted by Gasteiger charge is 2.33. The van der Waals surface area contributed by atoms with E-state index in [-0.39, 0.29) is 24.6 Å². The second-order valence-corrected chi connectivity index (χ2v) is 9.85. The summed E-state index contributed by atoms with van der Waals surface area (Å²) in [5, 5.41) is 0. The van der Waals surface area contributed by atoms with Crippen LogP contribution < -0.4 is 9.80 Å². The Morgan fingerprint density at radius 2 is 1.77 bits per heavy atom. The van der Waals surface area contributed by atoms with Gasteiger partial charge in [0.1, 0.15) is 5.82 Å². The molecule has 0 unspecified atom stereocenters. The number of aryl methyl sites for hydroxylation is 1. The number of alkyl halides is 3. The molecule has 0 saturated carbocycles. The molecule has 0 aromatic heterocycles. The number of halogens is 4. The zero-order valence-corrected chi connectivity index (χ0v) is 22.4. The fourth-order valence-corrected chi connectivity index (χ4v) is 5.22. The monoisotopic (exact) mass is 542 g/mol. The van der Waals surface area contributed by atoms with Crippen LogP contribution in [0.25, 0.3) is 0 Å². The van der Waals surface area contributed by atoms with Crippen LogP contribution in [-0.2, 0) is 41.5 Å². The molecule has 4 rings (SSSR count). The minimum atomic E-state index is -4.37. The van der Waals surface area contributed by atoms with Crippen molar-refractivity contribution in [2.24, 2.45) is 0 Å². The van der Waals surface area contributed by atoms with Crippen LogP contribution in [-0.4, -0.2) is 32.7 Å². The van der Waals surface area contributed by atoms with E-state index in [9.17, 15) is 22.4 Å². The van der Waals surface area contributed by atoms with Gasteiger partial charge in [0.25, 0.3) is 0 Å². The molecule has 0 bridgehead atoms. The molecule has 0 N–H and O–H groups in total. The van der Waals surface area contributed by atoms with Gasteiger partial charge in [-0.15, -0.1) is 0 Å². The van der Waals surface area contributed by atoms with Crippen LogP contribution in [0.3, 0.4) is 0 Å². The minimum absolute atomic E-state index is 0.133. The summed E-state index contributed by atoms with van der Waals surface area (Å²) in [6.07, 6.45) is -1.85. The highest BCUT2D eigenvalue weighted by molar-refractivity contribution is 5.69. The van der Waals surface area contributed by atoms with Gasteiger partial charge in [-0.2, -0.15) is 13.2 Å². The number of nitrogens with zero attached hydrogens (tertiary/aromatic N) is 2. The summed E-state index contributed by atoms with van der Waals surface area (Å²) >= 11 is 0. The van der Waals surface area contributed by atoms with Gasteiger partial charge in [0.15, 0.2) is 0 Å². The summed E-state index contributed by atoms with van der Waals surface area (Å²) in [5.74, 6) is -0.699. The molecule has 3 aromatic rings. The van der Waals surface area contributed by atoms with Crippen LogP contribution in [0.4, 0.5) is 28.9 Å². The molecule has 3 aromatic carbocycles. The van der Waals surface area contributed by atoms with E-state index in [1.807, 2.05) is 30.1 Å². The van der Waals surface area contributed by atoms with E-state index in [1.165, 1.54) is 17.7 Å². The first-order valence-corrected chi connectivity index (χ1v) is 13.3. The molecule has 1 aliphatic heterocycles. The summed E-state index contributed by atoms with van der Waals surface area (Å²) in [7, 11) is 1.90. The lowest BCUT2D eigenvalue weighted by Crippen LogP contribution is -2.32. The number of carbonyl (C=O) groups excluding carboxylic acids is 1. The van der Waals surface area contributed by atoms with Crippen molar-refractivity contribution in [2.75, 3.05) is 36.5 Å². The largest absolute Gasteiger partial charge is 0.466 e. The molecule has 39 heavy (non-hydrogen) atoms. The topological polar surface area (TPSA) is 32.8 Å². The van der Waals surface area contributed by atoms with Crippen molar-refractivity contribution >= 4 is 17.3 Å². The average Bonchev–Trinajstić information content (AvgIpc) is 2.91. The summed E-state index contributed by atoms with van der Waals surface area (Å²) < 4.78 is 60.1. The fraction of sp³-hybridized carbons (Fsp3) is 0.387. The Morgan fingerprint density at radius 1 is 1.00 bits per heavy atom. The molecular formula is C31H34F4N2O2. The molecule has 0 amide bonds. The number of anilines is 2. The maximum absolute atomic E-state index is 14.8. The molecule has 0 atom stereocenters. The second kappa shape index (κ2) is 12.5. The third kappa shape index (κ3) is 7.11. The molecule has 0 saturated heterocycles. The van der Waals surface area contributed by atoms with Crippen molar-refractivity contribution in [3.63, 3.8) is 0 Å². The van der Waals surface area contributed by atoms with Crippen LogP contribution >= 0.6 is 0 Å². The Labute approximate surface area is 227 Å². The van der Waals surface area contributed by atoms with Crippen molar-refractivity contribution in [1.29, 1.82) is 0 Å². The first-order chi connectivity index (χ1) is 18.7. The number of rotatable bonds is 10. The normalized spacial score (nSPS) is 13.2. The Hall–Kier alpha value is -3.55. The van der Waals surface area contributed by atoms with Gasteiger partial charge in [0.05, 0.1) is 12.2 Å². The van der Waals surface area contributed by atoms with E-state index in [4.69, 9.17) is 4.74 Å². The molecular weight excluding hydrogens is 508 g/mol. The van der Waals surface area contributed by atoms with Crippen molar-refractivity contribution < 1.29 is 27.1 Å². The molecule has 0 aliphatic carbocycles. The molecule has 208 valence electrons. The molecule has 0 fully saturated rings. The van der Waals surface area contributed by atoms with Gasteiger partial charge >= 0.3 is 12.1 Å². The predicted molar refractivity (Wildman–Crippen MR) is 146 cm³/mol. The summed E-state index contributed by atoms with van der Waals surface area (Å²) in [6.45, 7) is 3.90. The smallest absolute Gasteiger partial charge is 0.416 e. The van der Waals surface area contributed by atoms with Crippen LogP contribution in [0.1, 0.15) is 47.6 Å². The van der Waals surface area contributed by atoms with E-state index in [0.29, 0.717) is 37.2 Å². The zero-order valence-electron chi connectivity index (χ0n) is 22.4. The van der Waals surface area contributed by atoms with Gasteiger partial charge in [0.2, 0.25) is 0 Å². The van der Waals surface area contributed by atoms with Crippen LogP contribution in [0.2, 0.25) is 0 Å². The quantitative estimate of drug-likeness (QED) is 0.205. The van der Waals surface area contributed by atoms with Crippen LogP contribution in [0.15, 0.2) is 60.7 Å². The van der Waals surface area contributed by atoms with Crippen LogP contribution in [0.5, 0.6) is 0 Å². The lowest BCUT2D eigenvalue weighted by molar-refractivity contribution is -0.143.